The molecule has 0 aromatic heterocycles. The Hall–Kier alpha value is -3.75. The zero-order chi connectivity index (χ0) is 34.5. The smallest absolute Gasteiger partial charge is 0.409 e. The molecule has 3 aliphatic rings. The van der Waals surface area contributed by atoms with Crippen molar-refractivity contribution in [1.82, 2.24) is 29.8 Å². The Bertz CT molecular complexity index is 1070. The number of halogens is 1. The van der Waals surface area contributed by atoms with Crippen LogP contribution in [0.25, 0.3) is 0 Å². The van der Waals surface area contributed by atoms with Gasteiger partial charge in [-0.05, 0) is 24.4 Å². The van der Waals surface area contributed by atoms with Crippen LogP contribution in [-0.4, -0.2) is 137 Å². The van der Waals surface area contributed by atoms with E-state index in [-0.39, 0.29) is 37.5 Å². The minimum Gasteiger partial charge on any atom is -0.480 e. The standard InChI is InChI=1S/C16H25N5O6.C10H17ClN2O2.C3H8/c1-10(17)18-5-3-4-11-12(14(23)24)21(13(11)22)15(25)19-6-8-20(9-7-19)16(26)27-2;1-10(2,3)8(14)12-4-6-13(7-5-12)9(11)15;1-3-2/h11-12,18H,1,3-9,17H2,2H3,(H,23,24);4-7H2,1-3H3;3H2,1-2H3/t11-,12?;;/m1../s1. The largest absolute Gasteiger partial charge is 0.480 e. The molecule has 6 amide bonds. The third kappa shape index (κ3) is 11.6. The average molecular weight is 660 g/mol. The molecule has 1 unspecified atom stereocenters. The molecule has 3 saturated heterocycles. The first-order valence-electron chi connectivity index (χ1n) is 15.1. The van der Waals surface area contributed by atoms with Gasteiger partial charge in [-0.3, -0.25) is 14.4 Å². The predicted molar refractivity (Wildman–Crippen MR) is 168 cm³/mol. The molecule has 0 aromatic carbocycles. The van der Waals surface area contributed by atoms with E-state index in [1.54, 1.807) is 9.80 Å². The van der Waals surface area contributed by atoms with E-state index in [4.69, 9.17) is 17.3 Å². The second-order valence-corrected chi connectivity index (χ2v) is 12.2. The normalized spacial score (nSPS) is 19.6. The number of nitrogens with two attached hydrogens (primary N) is 1. The number of hydrogen-bond acceptors (Lipinski definition) is 9. The summed E-state index contributed by atoms with van der Waals surface area (Å²) in [6.07, 6.45) is 1.62. The van der Waals surface area contributed by atoms with Gasteiger partial charge in [-0.15, -0.1) is 0 Å². The van der Waals surface area contributed by atoms with E-state index in [2.05, 4.69) is 30.5 Å². The van der Waals surface area contributed by atoms with Crippen LogP contribution in [0.1, 0.15) is 53.9 Å². The van der Waals surface area contributed by atoms with Crippen molar-refractivity contribution >= 4 is 46.9 Å². The number of ether oxygens (including phenoxy) is 1. The number of β-lactam (4-membered cyclic amide) rings is 1. The number of hydrogen-bond donors (Lipinski definition) is 3. The molecule has 0 bridgehead atoms. The van der Waals surface area contributed by atoms with Crippen LogP contribution in [-0.2, 0) is 19.1 Å². The maximum Gasteiger partial charge on any atom is 0.409 e. The maximum absolute atomic E-state index is 12.6. The molecule has 0 spiro atoms. The summed E-state index contributed by atoms with van der Waals surface area (Å²) < 4.78 is 4.63. The minimum absolute atomic E-state index is 0.129. The van der Waals surface area contributed by atoms with Gasteiger partial charge in [0.05, 0.1) is 18.8 Å². The molecule has 15 nitrogen and oxygen atoms in total. The number of aliphatic carboxylic acids is 1. The number of imide groups is 1. The number of likely N-dealkylation sites (tertiary alicyclic amines) is 1. The van der Waals surface area contributed by atoms with Crippen molar-refractivity contribution in [2.75, 3.05) is 66.0 Å². The highest BCUT2D eigenvalue weighted by atomic mass is 35.5. The van der Waals surface area contributed by atoms with Crippen LogP contribution in [0.15, 0.2) is 12.4 Å². The van der Waals surface area contributed by atoms with Gasteiger partial charge in [0.2, 0.25) is 11.8 Å². The second kappa shape index (κ2) is 18.3. The summed E-state index contributed by atoms with van der Waals surface area (Å²) in [5.74, 6) is -2.01. The van der Waals surface area contributed by atoms with Crippen molar-refractivity contribution in [2.45, 2.75) is 59.9 Å². The average Bonchev–Trinajstić information content (AvgIpc) is 2.98. The lowest BCUT2D eigenvalue weighted by Gasteiger charge is -2.46. The molecule has 0 aromatic rings. The van der Waals surface area contributed by atoms with Gasteiger partial charge in [-0.2, -0.15) is 0 Å². The van der Waals surface area contributed by atoms with Crippen LogP contribution in [0.3, 0.4) is 0 Å². The number of carboxylic acid groups (broad SMARTS) is 1. The molecule has 3 rings (SSSR count). The van der Waals surface area contributed by atoms with E-state index < -0.39 is 41.3 Å². The monoisotopic (exact) mass is 659 g/mol. The van der Waals surface area contributed by atoms with E-state index in [0.717, 1.165) is 4.90 Å². The van der Waals surface area contributed by atoms with Crippen LogP contribution < -0.4 is 11.1 Å². The molecule has 256 valence electrons. The van der Waals surface area contributed by atoms with E-state index >= 15 is 0 Å². The van der Waals surface area contributed by atoms with Crippen molar-refractivity contribution in [3.63, 3.8) is 0 Å². The fourth-order valence-electron chi connectivity index (χ4n) is 4.82. The second-order valence-electron chi connectivity index (χ2n) is 11.9. The molecule has 3 heterocycles. The van der Waals surface area contributed by atoms with Gasteiger partial charge < -0.3 is 40.5 Å². The lowest BCUT2D eigenvalue weighted by molar-refractivity contribution is -0.167. The number of nitrogens with one attached hydrogen (secondary N) is 1. The molecule has 4 N–H and O–H groups in total. The number of nitrogens with zero attached hydrogens (tertiary/aromatic N) is 5. The SMILES string of the molecule is C=C(N)NCCC[C@H]1C(=O)N(C(=O)N2CCN(C(=O)OC)CC2)C1C(=O)O.CC(C)(C)C(=O)N1CCN(C(=O)Cl)CC1.CCC. The van der Waals surface area contributed by atoms with Crippen molar-refractivity contribution in [3.05, 3.63) is 12.4 Å². The first-order valence-corrected chi connectivity index (χ1v) is 15.5. The summed E-state index contributed by atoms with van der Waals surface area (Å²) >= 11 is 5.36. The minimum atomic E-state index is -1.21. The van der Waals surface area contributed by atoms with E-state index in [0.29, 0.717) is 51.4 Å². The summed E-state index contributed by atoms with van der Waals surface area (Å²) in [5, 5.41) is 11.8. The predicted octanol–water partition coefficient (Wildman–Crippen LogP) is 2.15. The van der Waals surface area contributed by atoms with Crippen LogP contribution in [0, 0.1) is 11.3 Å². The van der Waals surface area contributed by atoms with Crippen LogP contribution in [0.2, 0.25) is 0 Å². The Morgan fingerprint density at radius 3 is 1.84 bits per heavy atom. The van der Waals surface area contributed by atoms with Gasteiger partial charge in [0, 0.05) is 64.3 Å². The first-order chi connectivity index (χ1) is 21.0. The van der Waals surface area contributed by atoms with Crippen molar-refractivity contribution in [1.29, 1.82) is 0 Å². The van der Waals surface area contributed by atoms with Crippen molar-refractivity contribution in [3.8, 4) is 0 Å². The maximum atomic E-state index is 12.6. The molecule has 0 saturated carbocycles. The lowest BCUT2D eigenvalue weighted by Crippen LogP contribution is -2.69. The van der Waals surface area contributed by atoms with Gasteiger partial charge in [0.25, 0.3) is 0 Å². The molecule has 3 fully saturated rings. The third-order valence-corrected chi connectivity index (χ3v) is 7.40. The number of carbonyl (C=O) groups is 6. The Labute approximate surface area is 270 Å². The van der Waals surface area contributed by atoms with Gasteiger partial charge in [0.15, 0.2) is 6.04 Å². The number of carbonyl (C=O) groups excluding carboxylic acids is 5. The number of carboxylic acids is 1. The highest BCUT2D eigenvalue weighted by Gasteiger charge is 2.55. The molecule has 0 radical (unpaired) electrons. The molecule has 16 heteroatoms. The first kappa shape index (κ1) is 39.3. The zero-order valence-electron chi connectivity index (χ0n) is 27.3. The van der Waals surface area contributed by atoms with E-state index in [1.165, 1.54) is 23.3 Å². The molecular weight excluding hydrogens is 610 g/mol. The molecule has 2 atom stereocenters. The summed E-state index contributed by atoms with van der Waals surface area (Å²) in [6, 6.07) is -1.81. The highest BCUT2D eigenvalue weighted by molar-refractivity contribution is 6.62. The van der Waals surface area contributed by atoms with Crippen LogP contribution >= 0.6 is 11.6 Å². The zero-order valence-corrected chi connectivity index (χ0v) is 28.1. The summed E-state index contributed by atoms with van der Waals surface area (Å²) in [7, 11) is 1.27. The summed E-state index contributed by atoms with van der Waals surface area (Å²) in [4.78, 5) is 77.8. The molecule has 3 aliphatic heterocycles. The summed E-state index contributed by atoms with van der Waals surface area (Å²) in [6.45, 7) is 17.0. The van der Waals surface area contributed by atoms with E-state index in [9.17, 15) is 33.9 Å². The van der Waals surface area contributed by atoms with Gasteiger partial charge in [-0.1, -0.05) is 47.6 Å². The number of piperazine rings is 2. The molecular formula is C29H50ClN7O8. The van der Waals surface area contributed by atoms with Gasteiger partial charge >= 0.3 is 23.5 Å². The number of rotatable bonds is 6. The Kier molecular flexibility index (Phi) is 15.9. The quantitative estimate of drug-likeness (QED) is 0.165. The number of urea groups is 1. The van der Waals surface area contributed by atoms with Crippen molar-refractivity contribution < 1.29 is 38.6 Å². The number of methoxy groups -OCH3 is 1. The van der Waals surface area contributed by atoms with Gasteiger partial charge in [0.1, 0.15) is 0 Å². The fourth-order valence-corrected chi connectivity index (χ4v) is 4.99. The topological polar surface area (TPSA) is 186 Å². The lowest BCUT2D eigenvalue weighted by atomic mass is 9.83. The van der Waals surface area contributed by atoms with E-state index in [1.807, 2.05) is 20.8 Å². The van der Waals surface area contributed by atoms with Crippen LogP contribution in [0.4, 0.5) is 14.4 Å². The Balaban J connectivity index is 0.000000473. The third-order valence-electron chi connectivity index (χ3n) is 7.16. The Morgan fingerprint density at radius 1 is 0.956 bits per heavy atom. The summed E-state index contributed by atoms with van der Waals surface area (Å²) in [5.41, 5.74) is 5.03. The van der Waals surface area contributed by atoms with Gasteiger partial charge in [-0.25, -0.2) is 19.3 Å². The highest BCUT2D eigenvalue weighted by Crippen LogP contribution is 2.32. The fraction of sp³-hybridized carbons (Fsp3) is 0.724. The van der Waals surface area contributed by atoms with Crippen molar-refractivity contribution in [2.24, 2.45) is 17.1 Å². The van der Waals surface area contributed by atoms with Crippen LogP contribution in [0.5, 0.6) is 0 Å². The Morgan fingerprint density at radius 2 is 1.42 bits per heavy atom. The number of amides is 6. The molecule has 0 aliphatic carbocycles. The molecule has 45 heavy (non-hydrogen) atoms.